The van der Waals surface area contributed by atoms with E-state index in [2.05, 4.69) is 0 Å². The Morgan fingerprint density at radius 3 is 2.56 bits per heavy atom. The normalized spacial score (nSPS) is 21.0. The molecular formula is C5H9NO3. The van der Waals surface area contributed by atoms with Crippen LogP contribution in [0.4, 0.5) is 4.79 Å². The zero-order chi connectivity index (χ0) is 6.85. The molecule has 0 radical (unpaired) electrons. The minimum Gasteiger partial charge on any atom is -0.465 e. The second-order valence-corrected chi connectivity index (χ2v) is 2.23. The Labute approximate surface area is 52.5 Å². The Morgan fingerprint density at radius 1 is 1.67 bits per heavy atom. The Balaban J connectivity index is 2.17. The number of aliphatic hydroxyl groups excluding tert-OH is 1. The van der Waals surface area contributed by atoms with Gasteiger partial charge in [0, 0.05) is 5.92 Å². The third kappa shape index (κ3) is 1.89. The molecule has 1 amide bonds. The van der Waals surface area contributed by atoms with Crippen molar-refractivity contribution in [3.63, 3.8) is 0 Å². The Morgan fingerprint density at radius 2 is 2.22 bits per heavy atom. The molecule has 0 aromatic heterocycles. The average Bonchev–Trinajstić information content (AvgIpc) is 2.40. The van der Waals surface area contributed by atoms with Crippen LogP contribution in [0, 0.1) is 5.92 Å². The van der Waals surface area contributed by atoms with Crippen molar-refractivity contribution in [1.29, 1.82) is 0 Å². The van der Waals surface area contributed by atoms with Gasteiger partial charge in [-0.2, -0.15) is 0 Å². The number of carboxylic acid groups (broad SMARTS) is 1. The van der Waals surface area contributed by atoms with E-state index in [0.717, 1.165) is 12.8 Å². The number of hydrogen-bond acceptors (Lipinski definition) is 2. The summed E-state index contributed by atoms with van der Waals surface area (Å²) in [5.74, 6) is 0.168. The van der Waals surface area contributed by atoms with Gasteiger partial charge >= 0.3 is 6.09 Å². The van der Waals surface area contributed by atoms with Crippen molar-refractivity contribution in [3.8, 4) is 0 Å². The van der Waals surface area contributed by atoms with Crippen molar-refractivity contribution in [2.45, 2.75) is 19.1 Å². The molecule has 3 N–H and O–H groups in total. The van der Waals surface area contributed by atoms with E-state index in [1.54, 1.807) is 0 Å². The number of hydrogen-bond donors (Lipinski definition) is 3. The minimum atomic E-state index is -1.16. The van der Waals surface area contributed by atoms with Gasteiger partial charge in [-0.15, -0.1) is 0 Å². The molecule has 1 unspecified atom stereocenters. The Kier molecular flexibility index (Phi) is 1.57. The molecule has 1 fully saturated rings. The summed E-state index contributed by atoms with van der Waals surface area (Å²) in [5.41, 5.74) is 0. The van der Waals surface area contributed by atoms with Gasteiger partial charge in [-0.3, -0.25) is 5.32 Å². The number of aliphatic hydroxyl groups is 1. The van der Waals surface area contributed by atoms with Gasteiger partial charge < -0.3 is 10.2 Å². The van der Waals surface area contributed by atoms with Crippen LogP contribution in [0.15, 0.2) is 0 Å². The predicted octanol–water partition coefficient (Wildman–Crippen LogP) is -0.0176. The van der Waals surface area contributed by atoms with E-state index in [-0.39, 0.29) is 5.92 Å². The van der Waals surface area contributed by atoms with E-state index >= 15 is 0 Å². The van der Waals surface area contributed by atoms with Crippen molar-refractivity contribution in [2.24, 2.45) is 5.92 Å². The highest BCUT2D eigenvalue weighted by atomic mass is 16.4. The lowest BCUT2D eigenvalue weighted by Gasteiger charge is -2.06. The van der Waals surface area contributed by atoms with Crippen LogP contribution in [0.2, 0.25) is 0 Å². The van der Waals surface area contributed by atoms with Gasteiger partial charge in [-0.05, 0) is 12.8 Å². The molecule has 52 valence electrons. The van der Waals surface area contributed by atoms with Crippen LogP contribution in [0.3, 0.4) is 0 Å². The van der Waals surface area contributed by atoms with Crippen molar-refractivity contribution in [2.75, 3.05) is 0 Å². The maximum atomic E-state index is 9.87. The standard InChI is InChI=1S/C5H9NO3/c7-4(3-1-2-3)6-5(8)9/h3-4,6-7H,1-2H2,(H,8,9). The monoisotopic (exact) mass is 131 g/mol. The smallest absolute Gasteiger partial charge is 0.406 e. The van der Waals surface area contributed by atoms with E-state index in [0.29, 0.717) is 0 Å². The summed E-state index contributed by atoms with van der Waals surface area (Å²) in [4.78, 5) is 9.87. The summed E-state index contributed by atoms with van der Waals surface area (Å²) in [7, 11) is 0. The fourth-order valence-corrected chi connectivity index (χ4v) is 0.656. The summed E-state index contributed by atoms with van der Waals surface area (Å²) < 4.78 is 0. The second kappa shape index (κ2) is 2.23. The Hall–Kier alpha value is -0.770. The fourth-order valence-electron chi connectivity index (χ4n) is 0.656. The van der Waals surface area contributed by atoms with Crippen molar-refractivity contribution >= 4 is 6.09 Å². The van der Waals surface area contributed by atoms with Crippen LogP contribution >= 0.6 is 0 Å². The minimum absolute atomic E-state index is 0.168. The van der Waals surface area contributed by atoms with E-state index in [4.69, 9.17) is 10.2 Å². The van der Waals surface area contributed by atoms with Crippen LogP contribution in [-0.4, -0.2) is 22.5 Å². The third-order valence-corrected chi connectivity index (χ3v) is 1.34. The molecule has 1 saturated carbocycles. The first-order valence-electron chi connectivity index (χ1n) is 2.87. The van der Waals surface area contributed by atoms with Crippen LogP contribution in [0.25, 0.3) is 0 Å². The van der Waals surface area contributed by atoms with E-state index in [1.807, 2.05) is 5.32 Å². The van der Waals surface area contributed by atoms with Gasteiger partial charge in [-0.25, -0.2) is 4.79 Å². The topological polar surface area (TPSA) is 69.6 Å². The molecule has 1 aliphatic carbocycles. The zero-order valence-corrected chi connectivity index (χ0v) is 4.87. The first-order chi connectivity index (χ1) is 4.20. The molecule has 4 nitrogen and oxygen atoms in total. The number of carbonyl (C=O) groups is 1. The lowest BCUT2D eigenvalue weighted by Crippen LogP contribution is -2.34. The Bertz CT molecular complexity index is 121. The zero-order valence-electron chi connectivity index (χ0n) is 4.87. The SMILES string of the molecule is O=C(O)NC(O)C1CC1. The highest BCUT2D eigenvalue weighted by molar-refractivity contribution is 5.64. The number of nitrogens with one attached hydrogen (secondary N) is 1. The van der Waals surface area contributed by atoms with Gasteiger partial charge in [0.15, 0.2) is 0 Å². The molecule has 4 heteroatoms. The van der Waals surface area contributed by atoms with Crippen molar-refractivity contribution in [1.82, 2.24) is 5.32 Å². The third-order valence-electron chi connectivity index (χ3n) is 1.34. The highest BCUT2D eigenvalue weighted by Gasteiger charge is 2.30. The lowest BCUT2D eigenvalue weighted by atomic mass is 10.4. The summed E-state index contributed by atoms with van der Waals surface area (Å²) in [6.07, 6.45) is -0.139. The van der Waals surface area contributed by atoms with Gasteiger partial charge in [0.2, 0.25) is 0 Å². The molecule has 1 aliphatic rings. The molecule has 0 spiro atoms. The number of rotatable bonds is 2. The summed E-state index contributed by atoms with van der Waals surface area (Å²) in [5, 5.41) is 18.9. The first kappa shape index (κ1) is 6.35. The summed E-state index contributed by atoms with van der Waals surface area (Å²) in [6, 6.07) is 0. The van der Waals surface area contributed by atoms with Crippen molar-refractivity contribution in [3.05, 3.63) is 0 Å². The quantitative estimate of drug-likeness (QED) is 0.461. The summed E-state index contributed by atoms with van der Waals surface area (Å²) in [6.45, 7) is 0. The van der Waals surface area contributed by atoms with Crippen molar-refractivity contribution < 1.29 is 15.0 Å². The predicted molar refractivity (Wildman–Crippen MR) is 29.9 cm³/mol. The molecule has 0 heterocycles. The maximum Gasteiger partial charge on any atom is 0.406 e. The van der Waals surface area contributed by atoms with Gasteiger partial charge in [0.1, 0.15) is 6.23 Å². The van der Waals surface area contributed by atoms with Crippen LogP contribution in [0.5, 0.6) is 0 Å². The average molecular weight is 131 g/mol. The molecule has 0 aliphatic heterocycles. The van der Waals surface area contributed by atoms with E-state index in [1.165, 1.54) is 0 Å². The highest BCUT2D eigenvalue weighted by Crippen LogP contribution is 2.31. The fraction of sp³-hybridized carbons (Fsp3) is 0.800. The molecule has 0 aromatic carbocycles. The van der Waals surface area contributed by atoms with Gasteiger partial charge in [-0.1, -0.05) is 0 Å². The molecule has 0 aromatic rings. The van der Waals surface area contributed by atoms with Gasteiger partial charge in [0.25, 0.3) is 0 Å². The maximum absolute atomic E-state index is 9.87. The molecule has 1 atom stereocenters. The van der Waals surface area contributed by atoms with Crippen LogP contribution in [-0.2, 0) is 0 Å². The van der Waals surface area contributed by atoms with Crippen LogP contribution in [0.1, 0.15) is 12.8 Å². The van der Waals surface area contributed by atoms with Crippen LogP contribution < -0.4 is 5.32 Å². The van der Waals surface area contributed by atoms with Gasteiger partial charge in [0.05, 0.1) is 0 Å². The molecular weight excluding hydrogens is 122 g/mol. The van der Waals surface area contributed by atoms with E-state index in [9.17, 15) is 4.79 Å². The lowest BCUT2D eigenvalue weighted by molar-refractivity contribution is 0.105. The molecule has 0 bridgehead atoms. The first-order valence-corrected chi connectivity index (χ1v) is 2.87. The summed E-state index contributed by atoms with van der Waals surface area (Å²) >= 11 is 0. The second-order valence-electron chi connectivity index (χ2n) is 2.23. The van der Waals surface area contributed by atoms with E-state index < -0.39 is 12.3 Å². The molecule has 9 heavy (non-hydrogen) atoms. The molecule has 0 saturated heterocycles. The largest absolute Gasteiger partial charge is 0.465 e. The molecule has 1 rings (SSSR count). The number of amides is 1.